The lowest BCUT2D eigenvalue weighted by atomic mass is 10.1. The van der Waals surface area contributed by atoms with Crippen LogP contribution in [-0.2, 0) is 0 Å². The van der Waals surface area contributed by atoms with E-state index in [1.165, 1.54) is 91.9 Å². The van der Waals surface area contributed by atoms with Crippen molar-refractivity contribution in [3.8, 4) is 17.1 Å². The second-order valence-corrected chi connectivity index (χ2v) is 20.6. The predicted molar refractivity (Wildman–Crippen MR) is 273 cm³/mol. The molecule has 0 aliphatic carbocycles. The van der Waals surface area contributed by atoms with Gasteiger partial charge in [-0.25, -0.2) is 0 Å². The zero-order valence-corrected chi connectivity index (χ0v) is 36.0. The molecule has 13 rings (SSSR count). The summed E-state index contributed by atoms with van der Waals surface area (Å²) in [6, 6.07) is 92.5. The number of aromatic nitrogens is 3. The lowest BCUT2D eigenvalue weighted by Gasteiger charge is -2.36. The third-order valence-electron chi connectivity index (χ3n) is 13.6. The van der Waals surface area contributed by atoms with Crippen molar-refractivity contribution in [3.05, 3.63) is 249 Å². The van der Waals surface area contributed by atoms with Crippen LogP contribution in [-0.4, -0.2) is 21.8 Å². The third-order valence-corrected chi connectivity index (χ3v) is 18.4. The molecule has 0 saturated carbocycles. The summed E-state index contributed by atoms with van der Waals surface area (Å²) in [5.74, 6) is 0. The monoisotopic (exact) mass is 831 g/mol. The summed E-state index contributed by atoms with van der Waals surface area (Å²) in [6.45, 7) is 0. The highest BCUT2D eigenvalue weighted by molar-refractivity contribution is 7.20. The van der Waals surface area contributed by atoms with Crippen LogP contribution in [0.2, 0.25) is 0 Å². The van der Waals surface area contributed by atoms with Crippen molar-refractivity contribution in [1.82, 2.24) is 13.7 Å². The van der Waals surface area contributed by atoms with Crippen molar-refractivity contribution < 1.29 is 0 Å². The maximum absolute atomic E-state index is 3.08. The average molecular weight is 832 g/mol. The summed E-state index contributed by atoms with van der Waals surface area (Å²) in [5, 5.41) is 12.8. The summed E-state index contributed by atoms with van der Waals surface area (Å²) in [7, 11) is -3.08. The smallest absolute Gasteiger partial charge is 0.181 e. The van der Waals surface area contributed by atoms with Crippen LogP contribution in [0.15, 0.2) is 249 Å². The van der Waals surface area contributed by atoms with Crippen LogP contribution in [0.1, 0.15) is 0 Å². The average Bonchev–Trinajstić information content (AvgIpc) is 4.01. The van der Waals surface area contributed by atoms with Crippen molar-refractivity contribution in [1.29, 1.82) is 0 Å². The van der Waals surface area contributed by atoms with Gasteiger partial charge in [-0.15, -0.1) is 0 Å². The van der Waals surface area contributed by atoms with E-state index in [0.717, 1.165) is 11.4 Å². The Morgan fingerprint density at radius 3 is 1.16 bits per heavy atom. The van der Waals surface area contributed by atoms with Gasteiger partial charge in [-0.1, -0.05) is 188 Å². The lowest BCUT2D eigenvalue weighted by molar-refractivity contribution is 1.16. The Bertz CT molecular complexity index is 3730. The molecule has 10 aromatic carbocycles. The standard InChI is InChI=1S/C60H41N3Si/c1-5-21-42(22-6-1)61-52-33-17-15-31-49(52)51-41-43(37-38-56(51)61)62-55-36-20-16-32-50(55)59-57(62)39-40-58(60(59)63-53-34-18-13-29-47(53)48-30-14-19-35-54(48)63)64(44-23-7-2-8-24-44,45-25-9-3-10-26-45)46-27-11-4-12-28-46/h1-41H. The fourth-order valence-electron chi connectivity index (χ4n) is 11.0. The van der Waals surface area contributed by atoms with E-state index in [2.05, 4.69) is 262 Å². The Kier molecular flexibility index (Phi) is 8.23. The molecular weight excluding hydrogens is 791 g/mol. The summed E-state index contributed by atoms with van der Waals surface area (Å²) in [6.07, 6.45) is 0. The van der Waals surface area contributed by atoms with Crippen molar-refractivity contribution in [2.75, 3.05) is 0 Å². The summed E-state index contributed by atoms with van der Waals surface area (Å²) >= 11 is 0. The summed E-state index contributed by atoms with van der Waals surface area (Å²) in [5.41, 5.74) is 10.6. The van der Waals surface area contributed by atoms with Crippen LogP contribution in [0.5, 0.6) is 0 Å². The Hall–Kier alpha value is -8.18. The van der Waals surface area contributed by atoms with Gasteiger partial charge in [0, 0.05) is 43.7 Å². The maximum atomic E-state index is 2.60. The molecule has 13 aromatic rings. The van der Waals surface area contributed by atoms with Crippen molar-refractivity contribution >= 4 is 94.2 Å². The van der Waals surface area contributed by atoms with Crippen LogP contribution in [0.3, 0.4) is 0 Å². The van der Waals surface area contributed by atoms with Gasteiger partial charge < -0.3 is 13.7 Å². The molecule has 0 fully saturated rings. The van der Waals surface area contributed by atoms with E-state index in [9.17, 15) is 0 Å². The van der Waals surface area contributed by atoms with Crippen LogP contribution < -0.4 is 20.7 Å². The number of hydrogen-bond donors (Lipinski definition) is 0. The number of para-hydroxylation sites is 5. The van der Waals surface area contributed by atoms with Gasteiger partial charge in [0.1, 0.15) is 0 Å². The highest BCUT2D eigenvalue weighted by Crippen LogP contribution is 2.41. The molecule has 64 heavy (non-hydrogen) atoms. The number of nitrogens with zero attached hydrogens (tertiary/aromatic N) is 3. The first-order valence-corrected chi connectivity index (χ1v) is 24.1. The molecule has 0 aliphatic rings. The number of hydrogen-bond acceptors (Lipinski definition) is 0. The second kappa shape index (κ2) is 14.5. The zero-order chi connectivity index (χ0) is 42.2. The fraction of sp³-hybridized carbons (Fsp3) is 0. The molecule has 3 heterocycles. The van der Waals surface area contributed by atoms with Crippen molar-refractivity contribution in [3.63, 3.8) is 0 Å². The Balaban J connectivity index is 1.22. The van der Waals surface area contributed by atoms with E-state index in [4.69, 9.17) is 0 Å². The molecule has 0 aliphatic heterocycles. The molecule has 4 heteroatoms. The van der Waals surface area contributed by atoms with Gasteiger partial charge in [-0.2, -0.15) is 0 Å². The molecule has 0 atom stereocenters. The molecule has 3 nitrogen and oxygen atoms in total. The van der Waals surface area contributed by atoms with E-state index in [1.807, 2.05) is 0 Å². The van der Waals surface area contributed by atoms with Crippen LogP contribution in [0, 0.1) is 0 Å². The number of fused-ring (bicyclic) bond motifs is 9. The molecule has 0 bridgehead atoms. The lowest BCUT2D eigenvalue weighted by Crippen LogP contribution is -2.75. The highest BCUT2D eigenvalue weighted by atomic mass is 28.3. The van der Waals surface area contributed by atoms with E-state index >= 15 is 0 Å². The topological polar surface area (TPSA) is 14.8 Å². The molecule has 300 valence electrons. The number of benzene rings is 10. The second-order valence-electron chi connectivity index (χ2n) is 16.8. The van der Waals surface area contributed by atoms with E-state index in [-0.39, 0.29) is 0 Å². The molecule has 0 spiro atoms. The largest absolute Gasteiger partial charge is 0.309 e. The van der Waals surface area contributed by atoms with Gasteiger partial charge in [0.15, 0.2) is 8.07 Å². The van der Waals surface area contributed by atoms with Gasteiger partial charge in [0.2, 0.25) is 0 Å². The zero-order valence-electron chi connectivity index (χ0n) is 35.0. The van der Waals surface area contributed by atoms with Crippen molar-refractivity contribution in [2.24, 2.45) is 0 Å². The van der Waals surface area contributed by atoms with Crippen LogP contribution in [0.25, 0.3) is 82.5 Å². The van der Waals surface area contributed by atoms with Crippen LogP contribution in [0.4, 0.5) is 0 Å². The van der Waals surface area contributed by atoms with Gasteiger partial charge >= 0.3 is 0 Å². The Morgan fingerprint density at radius 2 is 0.625 bits per heavy atom. The molecule has 0 unspecified atom stereocenters. The van der Waals surface area contributed by atoms with E-state index in [0.29, 0.717) is 0 Å². The third kappa shape index (κ3) is 5.21. The van der Waals surface area contributed by atoms with Gasteiger partial charge in [0.25, 0.3) is 0 Å². The highest BCUT2D eigenvalue weighted by Gasteiger charge is 2.44. The molecule has 0 radical (unpaired) electrons. The Labute approximate surface area is 372 Å². The summed E-state index contributed by atoms with van der Waals surface area (Å²) in [4.78, 5) is 0. The molecule has 0 amide bonds. The predicted octanol–water partition coefficient (Wildman–Crippen LogP) is 12.4. The van der Waals surface area contributed by atoms with Gasteiger partial charge in [0.05, 0.1) is 38.8 Å². The summed E-state index contributed by atoms with van der Waals surface area (Å²) < 4.78 is 7.51. The molecule has 3 aromatic heterocycles. The first-order valence-electron chi connectivity index (χ1n) is 22.1. The molecule has 0 N–H and O–H groups in total. The van der Waals surface area contributed by atoms with E-state index < -0.39 is 8.07 Å². The minimum absolute atomic E-state index is 1.13. The first-order chi connectivity index (χ1) is 31.8. The van der Waals surface area contributed by atoms with Crippen LogP contribution >= 0.6 is 0 Å². The van der Waals surface area contributed by atoms with E-state index in [1.54, 1.807) is 0 Å². The maximum Gasteiger partial charge on any atom is 0.181 e. The fourth-order valence-corrected chi connectivity index (χ4v) is 15.9. The minimum atomic E-state index is -3.08. The van der Waals surface area contributed by atoms with Gasteiger partial charge in [-0.3, -0.25) is 0 Å². The first kappa shape index (κ1) is 36.5. The van der Waals surface area contributed by atoms with Gasteiger partial charge in [-0.05, 0) is 81.4 Å². The quantitative estimate of drug-likeness (QED) is 0.112. The number of rotatable bonds is 7. The SMILES string of the molecule is c1ccc(-n2c3ccccc3c3cc(-n4c5ccccc5c5c(-n6c7ccccc7c7ccccc76)c([Si](c6ccccc6)(c6ccccc6)c6ccccc6)ccc54)ccc32)cc1. The van der Waals surface area contributed by atoms with Crippen molar-refractivity contribution in [2.45, 2.75) is 0 Å². The normalized spacial score (nSPS) is 12.1. The molecule has 0 saturated heterocycles. The molecular formula is C60H41N3Si. The Morgan fingerprint density at radius 1 is 0.250 bits per heavy atom. The minimum Gasteiger partial charge on any atom is -0.309 e.